The second-order valence-corrected chi connectivity index (χ2v) is 6.87. The smallest absolute Gasteiger partial charge is 0.0703 e. The van der Waals surface area contributed by atoms with Gasteiger partial charge in [-0.3, -0.25) is 4.68 Å². The zero-order valence-corrected chi connectivity index (χ0v) is 15.0. The van der Waals surface area contributed by atoms with Gasteiger partial charge in [0.25, 0.3) is 0 Å². The Labute approximate surface area is 148 Å². The summed E-state index contributed by atoms with van der Waals surface area (Å²) in [5.41, 5.74) is 6.33. The number of aryl methyl sites for hydroxylation is 2. The second kappa shape index (κ2) is 6.07. The van der Waals surface area contributed by atoms with Crippen LogP contribution >= 0.6 is 12.6 Å². The zero-order chi connectivity index (χ0) is 16.7. The predicted octanol–water partition coefficient (Wildman–Crippen LogP) is 3.91. The first-order chi connectivity index (χ1) is 11.7. The van der Waals surface area contributed by atoms with Crippen LogP contribution in [-0.4, -0.2) is 20.1 Å². The van der Waals surface area contributed by atoms with Gasteiger partial charge in [0.15, 0.2) is 0 Å². The number of aromatic nitrogens is 3. The maximum absolute atomic E-state index is 4.37. The third-order valence-electron chi connectivity index (χ3n) is 4.78. The van der Waals surface area contributed by atoms with Gasteiger partial charge in [-0.1, -0.05) is 18.8 Å². The predicted molar refractivity (Wildman–Crippen MR) is 102 cm³/mol. The Morgan fingerprint density at radius 1 is 1.33 bits per heavy atom. The van der Waals surface area contributed by atoms with Crippen molar-refractivity contribution in [1.82, 2.24) is 14.3 Å². The molecule has 3 nitrogen and oxygen atoms in total. The molecule has 0 aliphatic carbocycles. The summed E-state index contributed by atoms with van der Waals surface area (Å²) in [5.74, 6) is 7.68. The molecule has 0 saturated carbocycles. The van der Waals surface area contributed by atoms with E-state index in [0.717, 1.165) is 24.3 Å². The Kier molecular flexibility index (Phi) is 3.90. The van der Waals surface area contributed by atoms with E-state index in [0.29, 0.717) is 5.92 Å². The first-order valence-electron chi connectivity index (χ1n) is 8.45. The van der Waals surface area contributed by atoms with Crippen LogP contribution in [0.3, 0.4) is 0 Å². The Balaban J connectivity index is 1.93. The van der Waals surface area contributed by atoms with Crippen LogP contribution < -0.4 is 0 Å². The minimum absolute atomic E-state index is 0.305. The average molecular weight is 335 g/mol. The van der Waals surface area contributed by atoms with Crippen molar-refractivity contribution in [2.75, 3.05) is 5.75 Å². The van der Waals surface area contributed by atoms with E-state index in [4.69, 9.17) is 0 Å². The van der Waals surface area contributed by atoms with Gasteiger partial charge >= 0.3 is 0 Å². The molecule has 4 rings (SSSR count). The van der Waals surface area contributed by atoms with Crippen molar-refractivity contribution in [1.29, 1.82) is 0 Å². The van der Waals surface area contributed by atoms with Gasteiger partial charge in [0.05, 0.1) is 5.69 Å². The minimum atomic E-state index is 0.305. The molecule has 3 aromatic rings. The highest BCUT2D eigenvalue weighted by Gasteiger charge is 2.23. The van der Waals surface area contributed by atoms with Gasteiger partial charge in [-0.15, -0.1) is 0 Å². The fraction of sp³-hybridized carbons (Fsp3) is 0.350. The molecule has 1 aliphatic rings. The molecule has 24 heavy (non-hydrogen) atoms. The van der Waals surface area contributed by atoms with E-state index in [-0.39, 0.29) is 0 Å². The standard InChI is InChI=1S/C20H21N3S/c1-14(13-24)5-6-15-7-8-17-16(12-15)20(18-9-10-21-22(18)2)19-4-3-11-23(17)19/h7-10,12,14,24H,3-4,11,13H2,1-2H3. The van der Waals surface area contributed by atoms with Crippen molar-refractivity contribution in [3.05, 3.63) is 41.7 Å². The summed E-state index contributed by atoms with van der Waals surface area (Å²) in [4.78, 5) is 0. The van der Waals surface area contributed by atoms with Crippen molar-refractivity contribution in [2.24, 2.45) is 13.0 Å². The van der Waals surface area contributed by atoms with Crippen molar-refractivity contribution in [3.63, 3.8) is 0 Å². The fourth-order valence-corrected chi connectivity index (χ4v) is 3.65. The number of hydrogen-bond acceptors (Lipinski definition) is 2. The van der Waals surface area contributed by atoms with Gasteiger partial charge in [0.1, 0.15) is 0 Å². The molecule has 0 N–H and O–H groups in total. The SMILES string of the molecule is CC(C#Cc1ccc2c(c1)c(-c1ccnn1C)c1n2CCC1)CS. The summed E-state index contributed by atoms with van der Waals surface area (Å²) in [6.45, 7) is 3.21. The van der Waals surface area contributed by atoms with Gasteiger partial charge in [0.2, 0.25) is 0 Å². The maximum Gasteiger partial charge on any atom is 0.0703 e. The largest absolute Gasteiger partial charge is 0.344 e. The Hall–Kier alpha value is -2.12. The molecule has 0 amide bonds. The van der Waals surface area contributed by atoms with Gasteiger partial charge < -0.3 is 4.57 Å². The Bertz CT molecular complexity index is 968. The van der Waals surface area contributed by atoms with E-state index >= 15 is 0 Å². The molecular formula is C20H21N3S. The molecule has 3 heterocycles. The van der Waals surface area contributed by atoms with Crippen LogP contribution in [0.5, 0.6) is 0 Å². The number of rotatable bonds is 2. The summed E-state index contributed by atoms with van der Waals surface area (Å²) in [5, 5.41) is 5.66. The number of benzene rings is 1. The van der Waals surface area contributed by atoms with Gasteiger partial charge in [0, 0.05) is 59.2 Å². The van der Waals surface area contributed by atoms with Crippen LogP contribution in [0.2, 0.25) is 0 Å². The highest BCUT2D eigenvalue weighted by Crippen LogP contribution is 2.38. The molecule has 0 fully saturated rings. The molecule has 1 aliphatic heterocycles. The van der Waals surface area contributed by atoms with Gasteiger partial charge in [-0.2, -0.15) is 17.7 Å². The van der Waals surface area contributed by atoms with Crippen LogP contribution in [0.25, 0.3) is 22.2 Å². The van der Waals surface area contributed by atoms with Crippen LogP contribution in [0.4, 0.5) is 0 Å². The number of thiol groups is 1. The first kappa shape index (κ1) is 15.4. The maximum atomic E-state index is 4.37. The molecule has 1 unspecified atom stereocenters. The third-order valence-corrected chi connectivity index (χ3v) is 5.33. The van der Waals surface area contributed by atoms with Gasteiger partial charge in [-0.25, -0.2) is 0 Å². The summed E-state index contributed by atoms with van der Waals surface area (Å²) in [6, 6.07) is 8.70. The monoisotopic (exact) mass is 335 g/mol. The molecule has 0 spiro atoms. The van der Waals surface area contributed by atoms with E-state index < -0.39 is 0 Å². The fourth-order valence-electron chi connectivity index (χ4n) is 3.56. The Morgan fingerprint density at radius 2 is 2.21 bits per heavy atom. The normalized spacial score (nSPS) is 14.5. The van der Waals surface area contributed by atoms with Crippen molar-refractivity contribution < 1.29 is 0 Å². The van der Waals surface area contributed by atoms with Crippen molar-refractivity contribution in [2.45, 2.75) is 26.3 Å². The summed E-state index contributed by atoms with van der Waals surface area (Å²) < 4.78 is 4.43. The lowest BCUT2D eigenvalue weighted by molar-refractivity contribution is 0.770. The third kappa shape index (κ3) is 2.44. The highest BCUT2D eigenvalue weighted by atomic mass is 32.1. The number of hydrogen-bond donors (Lipinski definition) is 1. The topological polar surface area (TPSA) is 22.8 Å². The molecule has 0 saturated heterocycles. The minimum Gasteiger partial charge on any atom is -0.344 e. The highest BCUT2D eigenvalue weighted by molar-refractivity contribution is 7.80. The quantitative estimate of drug-likeness (QED) is 0.557. The molecule has 1 aromatic carbocycles. The lowest BCUT2D eigenvalue weighted by atomic mass is 10.0. The number of fused-ring (bicyclic) bond motifs is 3. The lowest BCUT2D eigenvalue weighted by Gasteiger charge is -2.04. The average Bonchev–Trinajstić information content (AvgIpc) is 3.28. The summed E-state index contributed by atoms with van der Waals surface area (Å²) in [7, 11) is 2.01. The molecular weight excluding hydrogens is 314 g/mol. The second-order valence-electron chi connectivity index (χ2n) is 6.50. The summed E-state index contributed by atoms with van der Waals surface area (Å²) in [6.07, 6.45) is 4.22. The van der Waals surface area contributed by atoms with Gasteiger partial charge in [-0.05, 0) is 37.1 Å². The van der Waals surface area contributed by atoms with E-state index in [1.165, 1.54) is 34.3 Å². The van der Waals surface area contributed by atoms with E-state index in [1.54, 1.807) is 0 Å². The lowest BCUT2D eigenvalue weighted by Crippen LogP contribution is -1.95. The van der Waals surface area contributed by atoms with E-state index in [9.17, 15) is 0 Å². The van der Waals surface area contributed by atoms with E-state index in [2.05, 4.69) is 65.3 Å². The van der Waals surface area contributed by atoms with Crippen LogP contribution in [0, 0.1) is 17.8 Å². The molecule has 0 radical (unpaired) electrons. The van der Waals surface area contributed by atoms with Crippen molar-refractivity contribution in [3.8, 4) is 23.1 Å². The first-order valence-corrected chi connectivity index (χ1v) is 9.08. The van der Waals surface area contributed by atoms with E-state index in [1.807, 2.05) is 17.9 Å². The molecule has 0 bridgehead atoms. The Morgan fingerprint density at radius 3 is 2.96 bits per heavy atom. The van der Waals surface area contributed by atoms with Crippen LogP contribution in [0.15, 0.2) is 30.5 Å². The molecule has 122 valence electrons. The van der Waals surface area contributed by atoms with Crippen LogP contribution in [0.1, 0.15) is 24.6 Å². The molecule has 1 atom stereocenters. The number of nitrogens with zero attached hydrogens (tertiary/aromatic N) is 3. The van der Waals surface area contributed by atoms with Crippen molar-refractivity contribution >= 4 is 23.5 Å². The molecule has 4 heteroatoms. The molecule has 2 aromatic heterocycles. The zero-order valence-electron chi connectivity index (χ0n) is 14.1. The van der Waals surface area contributed by atoms with Crippen LogP contribution in [-0.2, 0) is 20.0 Å². The summed E-state index contributed by atoms with van der Waals surface area (Å²) >= 11 is 4.31.